The van der Waals surface area contributed by atoms with Crippen LogP contribution in [0.5, 0.6) is 0 Å². The Kier molecular flexibility index (Phi) is 3.09. The average Bonchev–Trinajstić information content (AvgIpc) is 2.67. The van der Waals surface area contributed by atoms with Gasteiger partial charge in [0.25, 0.3) is 0 Å². The molecule has 3 heteroatoms. The summed E-state index contributed by atoms with van der Waals surface area (Å²) in [5.74, 6) is -0.169. The van der Waals surface area contributed by atoms with Gasteiger partial charge in [-0.05, 0) is 51.3 Å². The van der Waals surface area contributed by atoms with Crippen LogP contribution in [0.15, 0.2) is 12.1 Å². The number of esters is 1. The number of hydrogen-bond acceptors (Lipinski definition) is 3. The van der Waals surface area contributed by atoms with Gasteiger partial charge in [-0.25, -0.2) is 4.79 Å². The van der Waals surface area contributed by atoms with E-state index in [0.29, 0.717) is 0 Å². The van der Waals surface area contributed by atoms with Gasteiger partial charge in [-0.3, -0.25) is 0 Å². The first kappa shape index (κ1) is 12.9. The molecule has 1 unspecified atom stereocenters. The molecule has 1 aromatic rings. The van der Waals surface area contributed by atoms with Crippen LogP contribution in [-0.2, 0) is 16.0 Å². The van der Waals surface area contributed by atoms with Gasteiger partial charge in [0.1, 0.15) is 11.6 Å². The molecular formula is C15H21NO2. The van der Waals surface area contributed by atoms with Gasteiger partial charge < -0.3 is 10.1 Å². The summed E-state index contributed by atoms with van der Waals surface area (Å²) in [6, 6.07) is 3.94. The molecule has 1 aliphatic heterocycles. The lowest BCUT2D eigenvalue weighted by Gasteiger charge is -2.22. The van der Waals surface area contributed by atoms with Gasteiger partial charge in [0.15, 0.2) is 0 Å². The van der Waals surface area contributed by atoms with E-state index in [2.05, 4.69) is 31.3 Å². The van der Waals surface area contributed by atoms with Gasteiger partial charge in [0.05, 0.1) is 0 Å². The van der Waals surface area contributed by atoms with Crippen LogP contribution >= 0.6 is 0 Å². The highest BCUT2D eigenvalue weighted by molar-refractivity contribution is 5.84. The normalized spacial score (nSPS) is 18.2. The van der Waals surface area contributed by atoms with E-state index in [1.54, 1.807) is 0 Å². The number of aryl methyl sites for hydroxylation is 2. The van der Waals surface area contributed by atoms with Gasteiger partial charge in [0.2, 0.25) is 0 Å². The van der Waals surface area contributed by atoms with E-state index in [1.165, 1.54) is 16.7 Å². The summed E-state index contributed by atoms with van der Waals surface area (Å²) in [5.41, 5.74) is 4.32. The molecule has 0 amide bonds. The second-order valence-corrected chi connectivity index (χ2v) is 5.99. The van der Waals surface area contributed by atoms with Crippen molar-refractivity contribution in [1.82, 2.24) is 0 Å². The summed E-state index contributed by atoms with van der Waals surface area (Å²) in [4.78, 5) is 12.1. The van der Waals surface area contributed by atoms with E-state index in [9.17, 15) is 4.79 Å². The third-order valence-electron chi connectivity index (χ3n) is 3.17. The van der Waals surface area contributed by atoms with Crippen LogP contribution in [-0.4, -0.2) is 17.6 Å². The van der Waals surface area contributed by atoms with Gasteiger partial charge in [-0.2, -0.15) is 0 Å². The highest BCUT2D eigenvalue weighted by atomic mass is 16.6. The summed E-state index contributed by atoms with van der Waals surface area (Å²) in [7, 11) is 0. The van der Waals surface area contributed by atoms with Crippen LogP contribution in [0.4, 0.5) is 5.69 Å². The Morgan fingerprint density at radius 3 is 2.44 bits per heavy atom. The van der Waals surface area contributed by atoms with Gasteiger partial charge in [0, 0.05) is 12.1 Å². The molecule has 18 heavy (non-hydrogen) atoms. The van der Waals surface area contributed by atoms with Crippen molar-refractivity contribution >= 4 is 11.7 Å². The molecule has 1 atom stereocenters. The Morgan fingerprint density at radius 2 is 1.89 bits per heavy atom. The summed E-state index contributed by atoms with van der Waals surface area (Å²) in [6.45, 7) is 9.82. The van der Waals surface area contributed by atoms with Crippen molar-refractivity contribution < 1.29 is 9.53 Å². The first-order valence-electron chi connectivity index (χ1n) is 6.36. The SMILES string of the molecule is Cc1ccc(C)c2c1CC(C(=O)OC(C)(C)C)N2. The minimum Gasteiger partial charge on any atom is -0.458 e. The molecule has 0 bridgehead atoms. The topological polar surface area (TPSA) is 38.3 Å². The zero-order valence-electron chi connectivity index (χ0n) is 11.8. The van der Waals surface area contributed by atoms with E-state index in [4.69, 9.17) is 4.74 Å². The number of carbonyl (C=O) groups excluding carboxylic acids is 1. The minimum absolute atomic E-state index is 0.169. The number of rotatable bonds is 1. The van der Waals surface area contributed by atoms with Crippen molar-refractivity contribution in [3.8, 4) is 0 Å². The van der Waals surface area contributed by atoms with Crippen LogP contribution in [0.3, 0.4) is 0 Å². The third kappa shape index (κ3) is 2.50. The molecule has 0 saturated carbocycles. The molecule has 3 nitrogen and oxygen atoms in total. The highest BCUT2D eigenvalue weighted by Gasteiger charge is 2.32. The molecule has 0 radical (unpaired) electrons. The van der Waals surface area contributed by atoms with Crippen molar-refractivity contribution in [1.29, 1.82) is 0 Å². The molecule has 0 fully saturated rings. The Labute approximate surface area is 109 Å². The molecule has 0 saturated heterocycles. The lowest BCUT2D eigenvalue weighted by atomic mass is 10.0. The smallest absolute Gasteiger partial charge is 0.329 e. The van der Waals surface area contributed by atoms with Crippen molar-refractivity contribution in [3.05, 3.63) is 28.8 Å². The second-order valence-electron chi connectivity index (χ2n) is 5.99. The predicted molar refractivity (Wildman–Crippen MR) is 72.9 cm³/mol. The summed E-state index contributed by atoms with van der Waals surface area (Å²) < 4.78 is 5.43. The fourth-order valence-electron chi connectivity index (χ4n) is 2.28. The maximum absolute atomic E-state index is 12.1. The summed E-state index contributed by atoms with van der Waals surface area (Å²) in [5, 5.41) is 3.29. The quantitative estimate of drug-likeness (QED) is 0.775. The van der Waals surface area contributed by atoms with E-state index in [1.807, 2.05) is 20.8 Å². The van der Waals surface area contributed by atoms with Gasteiger partial charge >= 0.3 is 5.97 Å². The zero-order chi connectivity index (χ0) is 13.5. The minimum atomic E-state index is -0.433. The molecular weight excluding hydrogens is 226 g/mol. The summed E-state index contributed by atoms with van der Waals surface area (Å²) in [6.07, 6.45) is 0.720. The molecule has 0 spiro atoms. The van der Waals surface area contributed by atoms with Crippen molar-refractivity contribution in [2.24, 2.45) is 0 Å². The average molecular weight is 247 g/mol. The van der Waals surface area contributed by atoms with Crippen LogP contribution in [0.25, 0.3) is 0 Å². The van der Waals surface area contributed by atoms with E-state index in [-0.39, 0.29) is 12.0 Å². The number of ether oxygens (including phenoxy) is 1. The summed E-state index contributed by atoms with van der Waals surface area (Å²) >= 11 is 0. The molecule has 1 N–H and O–H groups in total. The van der Waals surface area contributed by atoms with Crippen LogP contribution in [0.1, 0.15) is 37.5 Å². The number of hydrogen-bond donors (Lipinski definition) is 1. The number of fused-ring (bicyclic) bond motifs is 1. The van der Waals surface area contributed by atoms with Crippen LogP contribution < -0.4 is 5.32 Å². The molecule has 2 rings (SSSR count). The first-order valence-corrected chi connectivity index (χ1v) is 6.36. The van der Waals surface area contributed by atoms with E-state index >= 15 is 0 Å². The molecule has 1 heterocycles. The molecule has 1 aromatic carbocycles. The Hall–Kier alpha value is -1.51. The lowest BCUT2D eigenvalue weighted by molar-refractivity contribution is -0.155. The van der Waals surface area contributed by atoms with E-state index in [0.717, 1.165) is 12.1 Å². The van der Waals surface area contributed by atoms with Crippen LogP contribution in [0, 0.1) is 13.8 Å². The maximum atomic E-state index is 12.1. The fraction of sp³-hybridized carbons (Fsp3) is 0.533. The molecule has 0 aromatic heterocycles. The molecule has 0 aliphatic carbocycles. The number of benzene rings is 1. The number of nitrogens with one attached hydrogen (secondary N) is 1. The predicted octanol–water partition coefficient (Wildman–Crippen LogP) is 2.98. The van der Waals surface area contributed by atoms with Gasteiger partial charge in [-0.1, -0.05) is 12.1 Å². The number of carbonyl (C=O) groups is 1. The zero-order valence-corrected chi connectivity index (χ0v) is 11.8. The Bertz CT molecular complexity index is 455. The Morgan fingerprint density at radius 1 is 1.28 bits per heavy atom. The second kappa shape index (κ2) is 4.30. The first-order chi connectivity index (χ1) is 8.28. The number of anilines is 1. The standard InChI is InChI=1S/C15H21NO2/c1-9-6-7-10(2)13-11(9)8-12(16-13)14(17)18-15(3,4)5/h6-7,12,16H,8H2,1-5H3. The van der Waals surface area contributed by atoms with Gasteiger partial charge in [-0.15, -0.1) is 0 Å². The van der Waals surface area contributed by atoms with Crippen LogP contribution in [0.2, 0.25) is 0 Å². The molecule has 1 aliphatic rings. The third-order valence-corrected chi connectivity index (χ3v) is 3.17. The highest BCUT2D eigenvalue weighted by Crippen LogP contribution is 2.32. The van der Waals surface area contributed by atoms with Crippen molar-refractivity contribution in [3.63, 3.8) is 0 Å². The Balaban J connectivity index is 2.18. The van der Waals surface area contributed by atoms with E-state index < -0.39 is 5.60 Å². The van der Waals surface area contributed by atoms with Crippen molar-refractivity contribution in [2.45, 2.75) is 52.7 Å². The van der Waals surface area contributed by atoms with Crippen molar-refractivity contribution in [2.75, 3.05) is 5.32 Å². The molecule has 98 valence electrons. The maximum Gasteiger partial charge on any atom is 0.329 e. The monoisotopic (exact) mass is 247 g/mol. The fourth-order valence-corrected chi connectivity index (χ4v) is 2.28. The largest absolute Gasteiger partial charge is 0.458 e. The lowest BCUT2D eigenvalue weighted by Crippen LogP contribution is -2.35.